The number of carbonyl (C=O) groups is 1. The Kier molecular flexibility index (Phi) is 3.87. The van der Waals surface area contributed by atoms with Gasteiger partial charge in [-0.1, -0.05) is 13.8 Å². The first-order valence-corrected chi connectivity index (χ1v) is 6.59. The Morgan fingerprint density at radius 2 is 1.48 bits per heavy atom. The lowest BCUT2D eigenvalue weighted by Gasteiger charge is -2.09. The lowest BCUT2D eigenvalue weighted by molar-refractivity contribution is -0.148. The van der Waals surface area contributed by atoms with Crippen molar-refractivity contribution in [3.8, 4) is 6.07 Å². The highest BCUT2D eigenvalue weighted by Gasteiger charge is 2.73. The highest BCUT2D eigenvalue weighted by atomic mass is 19.2. The van der Waals surface area contributed by atoms with Gasteiger partial charge in [0.1, 0.15) is 6.61 Å². The van der Waals surface area contributed by atoms with Crippen LogP contribution in [0.15, 0.2) is 0 Å². The zero-order chi connectivity index (χ0) is 17.7. The number of rotatable bonds is 3. The molecule has 0 aliphatic heterocycles. The summed E-state index contributed by atoms with van der Waals surface area (Å²) in [6, 6.07) is 1.96. The Morgan fingerprint density at radius 3 is 1.87 bits per heavy atom. The molecule has 1 aliphatic carbocycles. The predicted molar refractivity (Wildman–Crippen MR) is 67.0 cm³/mol. The molecule has 0 aromatic heterocycles. The zero-order valence-electron chi connectivity index (χ0n) is 12.4. The van der Waals surface area contributed by atoms with E-state index in [-0.39, 0.29) is 0 Å². The van der Waals surface area contributed by atoms with Crippen molar-refractivity contribution < 1.29 is 31.5 Å². The fourth-order valence-electron chi connectivity index (χ4n) is 2.72. The maximum absolute atomic E-state index is 13.5. The number of ether oxygens (including phenoxy) is 1. The molecule has 1 aliphatic rings. The molecule has 124 valence electrons. The Balaban J connectivity index is 2.21. The van der Waals surface area contributed by atoms with E-state index in [9.17, 15) is 26.7 Å². The normalized spacial score (nSPS) is 24.9. The number of benzene rings is 1. The zero-order valence-corrected chi connectivity index (χ0v) is 12.4. The van der Waals surface area contributed by atoms with Crippen LogP contribution in [0, 0.1) is 57.2 Å². The predicted octanol–water partition coefficient (Wildman–Crippen LogP) is 3.61. The summed E-state index contributed by atoms with van der Waals surface area (Å²) in [7, 11) is 0. The number of nitrogens with zero attached hydrogens (tertiary/aromatic N) is 1. The second-order valence-corrected chi connectivity index (χ2v) is 6.13. The molecule has 0 saturated heterocycles. The van der Waals surface area contributed by atoms with Crippen LogP contribution in [0.5, 0.6) is 0 Å². The summed E-state index contributed by atoms with van der Waals surface area (Å²) in [5.41, 5.74) is -2.96. The second kappa shape index (κ2) is 5.18. The molecule has 0 radical (unpaired) electrons. The van der Waals surface area contributed by atoms with Crippen molar-refractivity contribution in [2.24, 2.45) is 16.7 Å². The Hall–Kier alpha value is -2.17. The molecule has 0 bridgehead atoms. The van der Waals surface area contributed by atoms with E-state index < -0.39 is 64.0 Å². The second-order valence-electron chi connectivity index (χ2n) is 6.13. The highest BCUT2D eigenvalue weighted by Crippen LogP contribution is 2.68. The van der Waals surface area contributed by atoms with Gasteiger partial charge in [0.2, 0.25) is 5.82 Å². The van der Waals surface area contributed by atoms with Gasteiger partial charge in [0.05, 0.1) is 23.0 Å². The lowest BCUT2D eigenvalue weighted by Crippen LogP contribution is -2.15. The maximum Gasteiger partial charge on any atom is 0.311 e. The van der Waals surface area contributed by atoms with Crippen molar-refractivity contribution in [2.75, 3.05) is 0 Å². The van der Waals surface area contributed by atoms with E-state index in [1.807, 2.05) is 6.07 Å². The topological polar surface area (TPSA) is 50.1 Å². The van der Waals surface area contributed by atoms with Crippen molar-refractivity contribution in [1.29, 1.82) is 5.26 Å². The molecule has 1 aromatic rings. The number of esters is 1. The minimum atomic E-state index is -2.28. The molecule has 8 heteroatoms. The molecule has 0 unspecified atom stereocenters. The van der Waals surface area contributed by atoms with E-state index in [1.165, 1.54) is 6.92 Å². The first kappa shape index (κ1) is 17.2. The van der Waals surface area contributed by atoms with E-state index in [0.717, 1.165) is 0 Å². The number of halogens is 5. The molecule has 0 spiro atoms. The van der Waals surface area contributed by atoms with Crippen LogP contribution in [-0.2, 0) is 16.1 Å². The van der Waals surface area contributed by atoms with Crippen LogP contribution in [0.2, 0.25) is 0 Å². The van der Waals surface area contributed by atoms with Crippen molar-refractivity contribution in [3.05, 3.63) is 34.6 Å². The molecule has 3 nitrogen and oxygen atoms in total. The molecule has 2 rings (SSSR count). The van der Waals surface area contributed by atoms with Crippen LogP contribution in [0.1, 0.15) is 26.3 Å². The minimum absolute atomic E-state index is 0.713. The third kappa shape index (κ3) is 2.26. The maximum atomic E-state index is 13.5. The van der Waals surface area contributed by atoms with Crippen LogP contribution in [0.25, 0.3) is 0 Å². The Morgan fingerprint density at radius 1 is 1.04 bits per heavy atom. The van der Waals surface area contributed by atoms with E-state index in [1.54, 1.807) is 13.8 Å². The fourth-order valence-corrected chi connectivity index (χ4v) is 2.72. The molecule has 23 heavy (non-hydrogen) atoms. The summed E-state index contributed by atoms with van der Waals surface area (Å²) < 4.78 is 70.6. The molecule has 1 aromatic carbocycles. The van der Waals surface area contributed by atoms with Gasteiger partial charge in [-0.15, -0.1) is 0 Å². The van der Waals surface area contributed by atoms with Gasteiger partial charge in [-0.3, -0.25) is 4.79 Å². The van der Waals surface area contributed by atoms with Gasteiger partial charge in [0.15, 0.2) is 23.3 Å². The van der Waals surface area contributed by atoms with Crippen LogP contribution in [0.3, 0.4) is 0 Å². The summed E-state index contributed by atoms with van der Waals surface area (Å²) in [4.78, 5) is 11.9. The largest absolute Gasteiger partial charge is 0.460 e. The minimum Gasteiger partial charge on any atom is -0.460 e. The third-order valence-electron chi connectivity index (χ3n) is 4.68. The summed E-state index contributed by atoms with van der Waals surface area (Å²) in [6.07, 6.45) is 0. The van der Waals surface area contributed by atoms with E-state index in [0.29, 0.717) is 0 Å². The van der Waals surface area contributed by atoms with E-state index >= 15 is 0 Å². The first-order chi connectivity index (χ1) is 10.5. The smallest absolute Gasteiger partial charge is 0.311 e. The summed E-state index contributed by atoms with van der Waals surface area (Å²) >= 11 is 0. The number of hydrogen-bond donors (Lipinski definition) is 0. The number of hydrogen-bond acceptors (Lipinski definition) is 3. The standard InChI is InChI=1S/C15H12F5NO2/c1-14(2)12(15(14,3)5-21)13(22)23-4-6-7(16)9(18)11(20)10(19)8(6)17/h12H,4H2,1-3H3/t12-,15-/m1/s1. The highest BCUT2D eigenvalue weighted by molar-refractivity contribution is 5.80. The monoisotopic (exact) mass is 333 g/mol. The van der Waals surface area contributed by atoms with Gasteiger partial charge in [0.25, 0.3) is 0 Å². The number of carbonyl (C=O) groups excluding carboxylic acids is 1. The van der Waals surface area contributed by atoms with Crippen LogP contribution < -0.4 is 0 Å². The SMILES string of the molecule is CC1(C)[C@@H](C(=O)OCc2c(F)c(F)c(F)c(F)c2F)[C@@]1(C)C#N. The molecule has 0 amide bonds. The molecule has 1 fully saturated rings. The Labute approximate surface area is 128 Å². The molecule has 1 saturated carbocycles. The van der Waals surface area contributed by atoms with Crippen molar-refractivity contribution in [1.82, 2.24) is 0 Å². The van der Waals surface area contributed by atoms with Gasteiger partial charge in [-0.2, -0.15) is 5.26 Å². The quantitative estimate of drug-likeness (QED) is 0.367. The molecular formula is C15H12F5NO2. The van der Waals surface area contributed by atoms with Crippen molar-refractivity contribution >= 4 is 5.97 Å². The van der Waals surface area contributed by atoms with Gasteiger partial charge in [-0.25, -0.2) is 22.0 Å². The van der Waals surface area contributed by atoms with Gasteiger partial charge in [-0.05, 0) is 12.3 Å². The van der Waals surface area contributed by atoms with Gasteiger partial charge in [0, 0.05) is 0 Å². The van der Waals surface area contributed by atoms with Crippen molar-refractivity contribution in [3.63, 3.8) is 0 Å². The van der Waals surface area contributed by atoms with Crippen LogP contribution in [0.4, 0.5) is 22.0 Å². The molecule has 2 atom stereocenters. The third-order valence-corrected chi connectivity index (χ3v) is 4.68. The molecular weight excluding hydrogens is 321 g/mol. The van der Waals surface area contributed by atoms with Crippen LogP contribution in [-0.4, -0.2) is 5.97 Å². The molecule has 0 heterocycles. The average molecular weight is 333 g/mol. The van der Waals surface area contributed by atoms with Gasteiger partial charge < -0.3 is 4.74 Å². The fraction of sp³-hybridized carbons (Fsp3) is 0.467. The summed E-state index contributed by atoms with van der Waals surface area (Å²) in [5, 5.41) is 9.08. The summed E-state index contributed by atoms with van der Waals surface area (Å²) in [5.74, 6) is -12.4. The Bertz CT molecular complexity index is 711. The van der Waals surface area contributed by atoms with E-state index in [2.05, 4.69) is 4.74 Å². The number of nitriles is 1. The van der Waals surface area contributed by atoms with Crippen LogP contribution >= 0.6 is 0 Å². The lowest BCUT2D eigenvalue weighted by atomic mass is 10.0. The van der Waals surface area contributed by atoms with E-state index in [4.69, 9.17) is 5.26 Å². The van der Waals surface area contributed by atoms with Crippen molar-refractivity contribution in [2.45, 2.75) is 27.4 Å². The molecule has 0 N–H and O–H groups in total. The first-order valence-electron chi connectivity index (χ1n) is 6.59. The average Bonchev–Trinajstić information content (AvgIpc) is 2.96. The van der Waals surface area contributed by atoms with Gasteiger partial charge >= 0.3 is 5.97 Å². The summed E-state index contributed by atoms with van der Waals surface area (Å²) in [6.45, 7) is 3.69.